The van der Waals surface area contributed by atoms with Crippen LogP contribution in [0.5, 0.6) is 0 Å². The highest BCUT2D eigenvalue weighted by molar-refractivity contribution is 6.36. The third-order valence-corrected chi connectivity index (χ3v) is 10.4. The van der Waals surface area contributed by atoms with Crippen LogP contribution in [0.2, 0.25) is 0 Å². The Hall–Kier alpha value is -3.76. The molecule has 0 fully saturated rings. The predicted molar refractivity (Wildman–Crippen MR) is 205 cm³/mol. The van der Waals surface area contributed by atoms with Gasteiger partial charge in [0.2, 0.25) is 0 Å². The molecule has 0 N–H and O–H groups in total. The second-order valence-electron chi connectivity index (χ2n) is 14.1. The van der Waals surface area contributed by atoms with Crippen LogP contribution in [0.3, 0.4) is 0 Å². The van der Waals surface area contributed by atoms with Crippen LogP contribution in [0.1, 0.15) is 111 Å². The number of fused-ring (bicyclic) bond motifs is 12. The monoisotopic (exact) mass is 646 g/mol. The smallest absolute Gasteiger partial charge is 0.150 e. The lowest BCUT2D eigenvalue weighted by molar-refractivity contribution is 0.143. The van der Waals surface area contributed by atoms with Gasteiger partial charge in [-0.15, -0.1) is 0 Å². The van der Waals surface area contributed by atoms with Crippen molar-refractivity contribution in [2.75, 3.05) is 13.2 Å². The molecule has 48 heavy (non-hydrogen) atoms. The van der Waals surface area contributed by atoms with Gasteiger partial charge in [-0.2, -0.15) is 0 Å². The van der Waals surface area contributed by atoms with Gasteiger partial charge in [0, 0.05) is 29.4 Å². The number of benzene rings is 4. The lowest BCUT2D eigenvalue weighted by Crippen LogP contribution is -1.92. The lowest BCUT2D eigenvalue weighted by atomic mass is 9.99. The van der Waals surface area contributed by atoms with Crippen LogP contribution in [-0.2, 0) is 4.74 Å². The van der Waals surface area contributed by atoms with E-state index in [1.54, 1.807) is 0 Å². The summed E-state index contributed by atoms with van der Waals surface area (Å²) < 4.78 is 25.0. The molecule has 4 aromatic carbocycles. The SMILES string of the molecule is CCCCCCCCCCCCOCC.Cc1cc2oc3c(c2cc1C)c1oc2cc(C)c(C)cc2c1c1oc2cc(C)c(C)cc2c31. The van der Waals surface area contributed by atoms with Crippen molar-refractivity contribution in [1.29, 1.82) is 0 Å². The standard InChI is InChI=1S/C30H24O3.C14H30O/c1-13-7-19-22(10-16(13)4)31-28-25(19)29-27(20-8-14(2)17(5)11-23(20)32-29)30-26(28)21-9-15(3)18(6)12-24(21)33-30;1-3-5-6-7-8-9-10-11-12-13-14-15-4-2/h7-12H,1-6H3;3-14H2,1-2H3. The summed E-state index contributed by atoms with van der Waals surface area (Å²) in [5.74, 6) is 0. The van der Waals surface area contributed by atoms with Crippen molar-refractivity contribution in [1.82, 2.24) is 0 Å². The molecule has 4 heteroatoms. The number of furan rings is 3. The van der Waals surface area contributed by atoms with Gasteiger partial charge in [0.25, 0.3) is 0 Å². The fraction of sp³-hybridized carbons (Fsp3) is 0.455. The summed E-state index contributed by atoms with van der Waals surface area (Å²) in [6, 6.07) is 13.1. The van der Waals surface area contributed by atoms with Crippen LogP contribution in [0, 0.1) is 41.5 Å². The van der Waals surface area contributed by atoms with Crippen molar-refractivity contribution in [3.63, 3.8) is 0 Å². The number of rotatable bonds is 12. The molecule has 3 heterocycles. The second-order valence-corrected chi connectivity index (χ2v) is 14.1. The summed E-state index contributed by atoms with van der Waals surface area (Å²) >= 11 is 0. The molecule has 0 atom stereocenters. The molecule has 0 spiro atoms. The molecule has 0 saturated carbocycles. The average Bonchev–Trinajstić information content (AvgIpc) is 3.72. The first-order valence-corrected chi connectivity index (χ1v) is 18.4. The van der Waals surface area contributed by atoms with Gasteiger partial charge in [-0.1, -0.05) is 64.7 Å². The molecule has 254 valence electrons. The highest BCUT2D eigenvalue weighted by Gasteiger charge is 2.26. The first-order chi connectivity index (χ1) is 23.2. The van der Waals surface area contributed by atoms with Crippen LogP contribution in [-0.4, -0.2) is 13.2 Å². The van der Waals surface area contributed by atoms with E-state index in [1.807, 2.05) is 0 Å². The minimum absolute atomic E-state index is 0.840. The van der Waals surface area contributed by atoms with E-state index in [0.29, 0.717) is 0 Å². The number of hydrogen-bond acceptors (Lipinski definition) is 4. The molecule has 0 aliphatic carbocycles. The zero-order valence-electron chi connectivity index (χ0n) is 30.6. The summed E-state index contributed by atoms with van der Waals surface area (Å²) in [5.41, 5.74) is 12.5. The minimum atomic E-state index is 0.840. The Labute approximate surface area is 285 Å². The third kappa shape index (κ3) is 6.61. The highest BCUT2D eigenvalue weighted by atomic mass is 16.5. The number of unbranched alkanes of at least 4 members (excludes halogenated alkanes) is 9. The third-order valence-electron chi connectivity index (χ3n) is 10.4. The average molecular weight is 647 g/mol. The van der Waals surface area contributed by atoms with E-state index in [0.717, 1.165) is 79.0 Å². The molecule has 0 unspecified atom stereocenters. The van der Waals surface area contributed by atoms with E-state index in [4.69, 9.17) is 18.0 Å². The molecule has 0 aliphatic heterocycles. The summed E-state index contributed by atoms with van der Waals surface area (Å²) in [6.07, 6.45) is 14.0. The van der Waals surface area contributed by atoms with Gasteiger partial charge in [0.05, 0.1) is 16.2 Å². The van der Waals surface area contributed by atoms with Gasteiger partial charge < -0.3 is 18.0 Å². The van der Waals surface area contributed by atoms with Crippen LogP contribution < -0.4 is 0 Å². The maximum Gasteiger partial charge on any atom is 0.150 e. The predicted octanol–water partition coefficient (Wildman–Crippen LogP) is 14.2. The minimum Gasteiger partial charge on any atom is -0.455 e. The molecule has 0 aliphatic rings. The Bertz CT molecular complexity index is 1930. The van der Waals surface area contributed by atoms with Gasteiger partial charge in [0.1, 0.15) is 16.7 Å². The van der Waals surface area contributed by atoms with Crippen LogP contribution >= 0.6 is 0 Å². The van der Waals surface area contributed by atoms with Crippen molar-refractivity contribution in [2.24, 2.45) is 0 Å². The Balaban J connectivity index is 0.000000229. The summed E-state index contributed by atoms with van der Waals surface area (Å²) in [5, 5.41) is 6.36. The zero-order valence-corrected chi connectivity index (χ0v) is 30.6. The van der Waals surface area contributed by atoms with E-state index >= 15 is 0 Å². The maximum atomic E-state index is 6.57. The number of aryl methyl sites for hydroxylation is 6. The van der Waals surface area contributed by atoms with E-state index in [9.17, 15) is 0 Å². The van der Waals surface area contributed by atoms with Crippen molar-refractivity contribution in [3.05, 3.63) is 69.8 Å². The Kier molecular flexibility index (Phi) is 10.5. The Morgan fingerprint density at radius 2 is 0.729 bits per heavy atom. The molecule has 0 saturated heterocycles. The summed E-state index contributed by atoms with van der Waals surface area (Å²) in [4.78, 5) is 0. The Morgan fingerprint density at radius 1 is 0.417 bits per heavy atom. The zero-order chi connectivity index (χ0) is 33.9. The van der Waals surface area contributed by atoms with E-state index in [1.165, 1.54) is 97.6 Å². The molecule has 7 rings (SSSR count). The van der Waals surface area contributed by atoms with E-state index in [-0.39, 0.29) is 0 Å². The number of ether oxygens (including phenoxy) is 1. The fourth-order valence-corrected chi connectivity index (χ4v) is 7.10. The summed E-state index contributed by atoms with van der Waals surface area (Å²) in [6.45, 7) is 19.0. The molecule has 0 radical (unpaired) electrons. The van der Waals surface area contributed by atoms with Crippen LogP contribution in [0.15, 0.2) is 49.6 Å². The first-order valence-electron chi connectivity index (χ1n) is 18.4. The van der Waals surface area contributed by atoms with Gasteiger partial charge >= 0.3 is 0 Å². The normalized spacial score (nSPS) is 12.0. The molecule has 0 bridgehead atoms. The van der Waals surface area contributed by atoms with Gasteiger partial charge in [0.15, 0.2) is 16.7 Å². The van der Waals surface area contributed by atoms with Crippen LogP contribution in [0.4, 0.5) is 0 Å². The lowest BCUT2D eigenvalue weighted by Gasteiger charge is -2.02. The van der Waals surface area contributed by atoms with Crippen molar-refractivity contribution in [2.45, 2.75) is 120 Å². The Morgan fingerprint density at radius 3 is 1.06 bits per heavy atom. The topological polar surface area (TPSA) is 48.7 Å². The molecule has 4 nitrogen and oxygen atoms in total. The van der Waals surface area contributed by atoms with Crippen molar-refractivity contribution in [3.8, 4) is 0 Å². The molecule has 7 aromatic rings. The summed E-state index contributed by atoms with van der Waals surface area (Å²) in [7, 11) is 0. The molecule has 0 amide bonds. The van der Waals surface area contributed by atoms with Crippen molar-refractivity contribution >= 4 is 65.8 Å². The van der Waals surface area contributed by atoms with Crippen molar-refractivity contribution < 1.29 is 18.0 Å². The van der Waals surface area contributed by atoms with E-state index in [2.05, 4.69) is 91.8 Å². The largest absolute Gasteiger partial charge is 0.455 e. The fourth-order valence-electron chi connectivity index (χ4n) is 7.10. The number of hydrogen-bond donors (Lipinski definition) is 0. The van der Waals surface area contributed by atoms with E-state index < -0.39 is 0 Å². The quantitative estimate of drug-likeness (QED) is 0.124. The van der Waals surface area contributed by atoms with Gasteiger partial charge in [-0.25, -0.2) is 0 Å². The molecule has 3 aromatic heterocycles. The van der Waals surface area contributed by atoms with Crippen LogP contribution in [0.25, 0.3) is 65.8 Å². The maximum absolute atomic E-state index is 6.57. The second kappa shape index (κ2) is 14.8. The van der Waals surface area contributed by atoms with Gasteiger partial charge in [-0.3, -0.25) is 0 Å². The molecular formula is C44H54O4. The first kappa shape index (κ1) is 34.1. The molecular weight excluding hydrogens is 592 g/mol. The van der Waals surface area contributed by atoms with Gasteiger partial charge in [-0.05, 0) is 125 Å². The highest BCUT2D eigenvalue weighted by Crippen LogP contribution is 2.48.